The second-order valence-electron chi connectivity index (χ2n) is 17.0. The summed E-state index contributed by atoms with van der Waals surface area (Å²) in [7, 11) is -5.19. The highest BCUT2D eigenvalue weighted by molar-refractivity contribution is 7.47. The lowest BCUT2D eigenvalue weighted by atomic mass is 9.85. The molecule has 65 heavy (non-hydrogen) atoms. The van der Waals surface area contributed by atoms with Crippen molar-refractivity contribution in [3.05, 3.63) is 60.8 Å². The van der Waals surface area contributed by atoms with Crippen LogP contribution in [0.1, 0.15) is 168 Å². The van der Waals surface area contributed by atoms with E-state index in [0.29, 0.717) is 12.8 Å². The third kappa shape index (κ3) is 31.2. The Bertz CT molecular complexity index is 1400. The van der Waals surface area contributed by atoms with Gasteiger partial charge in [0.15, 0.2) is 6.10 Å². The molecule has 1 rings (SSSR count). The summed E-state index contributed by atoms with van der Waals surface area (Å²) in [6.07, 6.45) is 25.9. The van der Waals surface area contributed by atoms with Gasteiger partial charge in [-0.3, -0.25) is 18.6 Å². The third-order valence-corrected chi connectivity index (χ3v) is 12.0. The van der Waals surface area contributed by atoms with Gasteiger partial charge < -0.3 is 50.1 Å². The molecule has 0 saturated heterocycles. The molecule has 0 aromatic rings. The minimum absolute atomic E-state index is 0.107. The molecule has 376 valence electrons. The van der Waals surface area contributed by atoms with E-state index < -0.39 is 87.9 Å². The number of hydrogen-bond donors (Lipinski definition) is 8. The molecule has 1 fully saturated rings. The molecule has 16 heteroatoms. The van der Waals surface area contributed by atoms with Crippen LogP contribution in [-0.4, -0.2) is 121 Å². The van der Waals surface area contributed by atoms with Crippen LogP contribution in [-0.2, 0) is 32.7 Å². The fraction of sp³-hybridized carbons (Fsp3) is 0.755. The molecule has 0 spiro atoms. The number of esters is 2. The molecule has 1 aliphatic rings. The lowest BCUT2D eigenvalue weighted by molar-refractivity contribution is -0.220. The quantitative estimate of drug-likeness (QED) is 0.00968. The maximum Gasteiger partial charge on any atom is 0.472 e. The summed E-state index contributed by atoms with van der Waals surface area (Å²) < 4.78 is 33.4. The van der Waals surface area contributed by atoms with E-state index in [4.69, 9.17) is 18.5 Å². The van der Waals surface area contributed by atoms with Gasteiger partial charge in [0.25, 0.3) is 0 Å². The van der Waals surface area contributed by atoms with Crippen molar-refractivity contribution in [3.63, 3.8) is 0 Å². The molecule has 0 heterocycles. The number of allylic oxidation sites excluding steroid dienone is 7. The molecule has 1 saturated carbocycles. The molecule has 0 radical (unpaired) electrons. The van der Waals surface area contributed by atoms with Crippen molar-refractivity contribution in [3.8, 4) is 0 Å². The van der Waals surface area contributed by atoms with Crippen LogP contribution in [0.2, 0.25) is 0 Å². The number of carbonyl (C=O) groups is 2. The molecule has 8 N–H and O–H groups in total. The summed E-state index contributed by atoms with van der Waals surface area (Å²) in [5, 5.41) is 70.6. The zero-order valence-electron chi connectivity index (χ0n) is 39.2. The Morgan fingerprint density at radius 3 is 1.60 bits per heavy atom. The van der Waals surface area contributed by atoms with Crippen molar-refractivity contribution in [2.45, 2.75) is 223 Å². The fourth-order valence-electron chi connectivity index (χ4n) is 7.00. The zero-order chi connectivity index (χ0) is 48.1. The summed E-state index contributed by atoms with van der Waals surface area (Å²) in [6.45, 7) is 3.03. The first-order valence-electron chi connectivity index (χ1n) is 24.3. The van der Waals surface area contributed by atoms with Crippen LogP contribution in [0.25, 0.3) is 0 Å². The lowest BCUT2D eigenvalue weighted by Gasteiger charge is -2.41. The van der Waals surface area contributed by atoms with Crippen LogP contribution < -0.4 is 0 Å². The van der Waals surface area contributed by atoms with Crippen molar-refractivity contribution in [2.24, 2.45) is 0 Å². The van der Waals surface area contributed by atoms with Gasteiger partial charge in [-0.2, -0.15) is 0 Å². The van der Waals surface area contributed by atoms with E-state index in [-0.39, 0.29) is 25.7 Å². The maximum absolute atomic E-state index is 12.8. The molecule has 0 bridgehead atoms. The Morgan fingerprint density at radius 2 is 1.02 bits per heavy atom. The molecule has 0 aliphatic heterocycles. The van der Waals surface area contributed by atoms with Crippen LogP contribution >= 0.6 is 7.82 Å². The molecular formula is C49H85O15P. The number of phosphoric ester groups is 1. The summed E-state index contributed by atoms with van der Waals surface area (Å²) in [6, 6.07) is 0. The molecule has 15 nitrogen and oxygen atoms in total. The average Bonchev–Trinajstić information content (AvgIpc) is 3.28. The number of carbonyl (C=O) groups excluding carboxylic acids is 2. The first-order valence-corrected chi connectivity index (χ1v) is 25.8. The van der Waals surface area contributed by atoms with Gasteiger partial charge in [-0.1, -0.05) is 152 Å². The summed E-state index contributed by atoms with van der Waals surface area (Å²) in [4.78, 5) is 35.8. The second-order valence-corrected chi connectivity index (χ2v) is 18.4. The van der Waals surface area contributed by atoms with E-state index in [9.17, 15) is 54.8 Å². The van der Waals surface area contributed by atoms with E-state index in [0.717, 1.165) is 64.2 Å². The SMILES string of the molecule is CCCCC/C=C\C[C@H](O)/C=C/C=C/C=C\[C@H](O)CCCC(=O)O[C@H](COC(=O)CCCCCCCCC/C=C\CCCCCCCC)COP(=O)(O)OC1[C@H](O)[C@H](O)C(O)[C@H](O)[C@H]1O. The number of aliphatic hydroxyl groups excluding tert-OH is 7. The van der Waals surface area contributed by atoms with Gasteiger partial charge in [-0.25, -0.2) is 4.57 Å². The molecule has 1 aliphatic carbocycles. The van der Waals surface area contributed by atoms with E-state index in [1.54, 1.807) is 30.4 Å². The van der Waals surface area contributed by atoms with Gasteiger partial charge in [0.1, 0.15) is 43.2 Å². The van der Waals surface area contributed by atoms with Gasteiger partial charge in [0, 0.05) is 12.8 Å². The zero-order valence-corrected chi connectivity index (χ0v) is 40.1. The van der Waals surface area contributed by atoms with Crippen molar-refractivity contribution >= 4 is 19.8 Å². The molecule has 0 amide bonds. The van der Waals surface area contributed by atoms with Crippen LogP contribution in [0.5, 0.6) is 0 Å². The number of rotatable bonds is 39. The Balaban J connectivity index is 2.56. The van der Waals surface area contributed by atoms with E-state index in [2.05, 4.69) is 32.1 Å². The molecule has 3 unspecified atom stereocenters. The Kier molecular flexibility index (Phi) is 35.8. The number of phosphoric acid groups is 1. The monoisotopic (exact) mass is 945 g/mol. The van der Waals surface area contributed by atoms with Crippen molar-refractivity contribution in [2.75, 3.05) is 13.2 Å². The summed E-state index contributed by atoms with van der Waals surface area (Å²) in [5.74, 6) is -1.35. The number of ether oxygens (including phenoxy) is 2. The van der Waals surface area contributed by atoms with Gasteiger partial charge in [-0.05, 0) is 64.2 Å². The lowest BCUT2D eigenvalue weighted by Crippen LogP contribution is -2.64. The van der Waals surface area contributed by atoms with Crippen LogP contribution in [0.3, 0.4) is 0 Å². The minimum Gasteiger partial charge on any atom is -0.462 e. The van der Waals surface area contributed by atoms with Crippen LogP contribution in [0.15, 0.2) is 60.8 Å². The first-order chi connectivity index (χ1) is 31.2. The van der Waals surface area contributed by atoms with E-state index >= 15 is 0 Å². The number of hydrogen-bond acceptors (Lipinski definition) is 14. The highest BCUT2D eigenvalue weighted by Crippen LogP contribution is 2.47. The largest absolute Gasteiger partial charge is 0.472 e. The Morgan fingerprint density at radius 1 is 0.554 bits per heavy atom. The van der Waals surface area contributed by atoms with Gasteiger partial charge in [0.05, 0.1) is 18.8 Å². The second kappa shape index (κ2) is 38.4. The standard InChI is InChI=1S/C49H85O15P/c1-3-5-7-9-11-12-13-14-15-16-17-18-19-20-21-23-29-35-42(52)61-37-41(38-62-65(59,60)64-49-47(57)45(55)44(54)46(56)48(49)58)63-43(53)36-30-34-40(51)33-28-25-24-27-32-39(50)31-26-22-10-8-6-4-2/h14-15,22,24-28,32-33,39-41,44-51,54-58H,3-13,16-21,23,29-31,34-38H2,1-2H3,(H,59,60)/b15-14-,25-24+,26-22-,32-27+,33-28-/t39-,40-,41+,44?,45-,46+,47+,48+,49?/m0/s1. The summed E-state index contributed by atoms with van der Waals surface area (Å²) >= 11 is 0. The van der Waals surface area contributed by atoms with Gasteiger partial charge >= 0.3 is 19.8 Å². The number of unbranched alkanes of at least 4 members (excludes halogenated alkanes) is 16. The molecular weight excluding hydrogens is 859 g/mol. The van der Waals surface area contributed by atoms with Crippen molar-refractivity contribution < 1.29 is 73.3 Å². The van der Waals surface area contributed by atoms with E-state index in [1.807, 2.05) is 6.08 Å². The highest BCUT2D eigenvalue weighted by atomic mass is 31.2. The predicted octanol–water partition coefficient (Wildman–Crippen LogP) is 7.67. The smallest absolute Gasteiger partial charge is 0.462 e. The normalized spacial score (nSPS) is 22.9. The van der Waals surface area contributed by atoms with Crippen LogP contribution in [0, 0.1) is 0 Å². The van der Waals surface area contributed by atoms with Crippen molar-refractivity contribution in [1.82, 2.24) is 0 Å². The third-order valence-electron chi connectivity index (χ3n) is 11.0. The maximum atomic E-state index is 12.8. The summed E-state index contributed by atoms with van der Waals surface area (Å²) in [5.41, 5.74) is 0. The van der Waals surface area contributed by atoms with Gasteiger partial charge in [0.2, 0.25) is 0 Å². The number of aliphatic hydroxyl groups is 7. The van der Waals surface area contributed by atoms with Gasteiger partial charge in [-0.15, -0.1) is 0 Å². The Hall–Kier alpha value is -2.53. The van der Waals surface area contributed by atoms with Crippen LogP contribution in [0.4, 0.5) is 0 Å². The topological polar surface area (TPSA) is 250 Å². The van der Waals surface area contributed by atoms with E-state index in [1.165, 1.54) is 57.4 Å². The highest BCUT2D eigenvalue weighted by Gasteiger charge is 2.51. The first kappa shape index (κ1) is 60.5. The molecule has 0 aromatic heterocycles. The minimum atomic E-state index is -5.19. The molecule has 0 aromatic carbocycles. The molecule has 10 atom stereocenters. The Labute approximate surface area is 388 Å². The van der Waals surface area contributed by atoms with Crippen molar-refractivity contribution in [1.29, 1.82) is 0 Å². The predicted molar refractivity (Wildman–Crippen MR) is 251 cm³/mol. The average molecular weight is 945 g/mol. The fourth-order valence-corrected chi connectivity index (χ4v) is 7.98.